The van der Waals surface area contributed by atoms with Crippen LogP contribution in [-0.2, 0) is 6.54 Å². The van der Waals surface area contributed by atoms with Gasteiger partial charge in [0.2, 0.25) is 5.95 Å². The van der Waals surface area contributed by atoms with Gasteiger partial charge in [0, 0.05) is 5.69 Å². The molecule has 7 heteroatoms. The maximum Gasteiger partial charge on any atom is 0.245 e. The minimum atomic E-state index is 0.428. The summed E-state index contributed by atoms with van der Waals surface area (Å²) in [6.45, 7) is 3.10. The lowest BCUT2D eigenvalue weighted by molar-refractivity contribution is 0.340. The predicted octanol–water partition coefficient (Wildman–Crippen LogP) is 3.22. The van der Waals surface area contributed by atoms with Crippen molar-refractivity contribution in [3.05, 3.63) is 54.6 Å². The summed E-state index contributed by atoms with van der Waals surface area (Å²) in [6.07, 6.45) is 3.19. The number of hydrogen-bond acceptors (Lipinski definition) is 7. The molecule has 0 saturated heterocycles. The van der Waals surface area contributed by atoms with Crippen molar-refractivity contribution < 1.29 is 9.15 Å². The Kier molecular flexibility index (Phi) is 4.68. The lowest BCUT2D eigenvalue weighted by atomic mass is 10.3. The Hall–Kier alpha value is -3.09. The van der Waals surface area contributed by atoms with Crippen LogP contribution in [-0.4, -0.2) is 21.8 Å². The topological polar surface area (TPSA) is 85.1 Å². The van der Waals surface area contributed by atoms with Crippen molar-refractivity contribution in [1.82, 2.24) is 15.2 Å². The van der Waals surface area contributed by atoms with Gasteiger partial charge in [-0.25, -0.2) is 0 Å². The van der Waals surface area contributed by atoms with Crippen LogP contribution in [0.4, 0.5) is 17.5 Å². The Morgan fingerprint density at radius 3 is 2.78 bits per heavy atom. The van der Waals surface area contributed by atoms with Crippen molar-refractivity contribution in [2.45, 2.75) is 13.5 Å². The molecule has 0 bridgehead atoms. The maximum absolute atomic E-state index is 5.41. The largest absolute Gasteiger partial charge is 0.494 e. The highest BCUT2D eigenvalue weighted by atomic mass is 16.5. The van der Waals surface area contributed by atoms with E-state index < -0.39 is 0 Å². The Bertz CT molecular complexity index is 728. The summed E-state index contributed by atoms with van der Waals surface area (Å²) < 4.78 is 10.7. The number of anilines is 3. The second-order valence-electron chi connectivity index (χ2n) is 4.68. The Morgan fingerprint density at radius 2 is 2.04 bits per heavy atom. The van der Waals surface area contributed by atoms with E-state index >= 15 is 0 Å². The molecule has 0 amide bonds. The first-order chi connectivity index (χ1) is 11.3. The van der Waals surface area contributed by atoms with Gasteiger partial charge in [-0.3, -0.25) is 0 Å². The summed E-state index contributed by atoms with van der Waals surface area (Å²) in [5.41, 5.74) is 0.894. The fourth-order valence-electron chi connectivity index (χ4n) is 1.97. The van der Waals surface area contributed by atoms with Gasteiger partial charge in [0.05, 0.1) is 25.6 Å². The molecule has 0 radical (unpaired) electrons. The van der Waals surface area contributed by atoms with Gasteiger partial charge in [-0.1, -0.05) is 0 Å². The summed E-state index contributed by atoms with van der Waals surface area (Å²) in [5.74, 6) is 2.67. The molecule has 3 aromatic rings. The van der Waals surface area contributed by atoms with Gasteiger partial charge in [-0.2, -0.15) is 10.1 Å². The third kappa shape index (κ3) is 4.19. The molecule has 0 saturated carbocycles. The number of hydrogen-bond donors (Lipinski definition) is 2. The van der Waals surface area contributed by atoms with Crippen molar-refractivity contribution in [2.75, 3.05) is 17.2 Å². The van der Waals surface area contributed by atoms with E-state index in [0.29, 0.717) is 24.9 Å². The average Bonchev–Trinajstić information content (AvgIpc) is 3.09. The molecule has 1 aromatic carbocycles. The molecular weight excluding hydrogens is 294 g/mol. The molecule has 2 aromatic heterocycles. The second-order valence-corrected chi connectivity index (χ2v) is 4.68. The van der Waals surface area contributed by atoms with Crippen molar-refractivity contribution in [3.63, 3.8) is 0 Å². The zero-order valence-corrected chi connectivity index (χ0v) is 12.7. The Balaban J connectivity index is 1.62. The van der Waals surface area contributed by atoms with E-state index in [-0.39, 0.29) is 0 Å². The summed E-state index contributed by atoms with van der Waals surface area (Å²) in [5, 5.41) is 14.1. The first-order valence-electron chi connectivity index (χ1n) is 7.29. The third-order valence-corrected chi connectivity index (χ3v) is 3.00. The molecule has 3 rings (SSSR count). The van der Waals surface area contributed by atoms with Gasteiger partial charge in [-0.05, 0) is 43.3 Å². The number of nitrogens with zero attached hydrogens (tertiary/aromatic N) is 3. The van der Waals surface area contributed by atoms with Gasteiger partial charge in [0.15, 0.2) is 5.82 Å². The van der Waals surface area contributed by atoms with Gasteiger partial charge < -0.3 is 19.8 Å². The van der Waals surface area contributed by atoms with Crippen molar-refractivity contribution in [3.8, 4) is 5.75 Å². The molecule has 0 aliphatic heterocycles. The van der Waals surface area contributed by atoms with E-state index in [1.165, 1.54) is 0 Å². The standard InChI is InChI=1S/C16H17N5O2/c1-2-22-13-7-5-12(6-8-13)19-15-11-18-21-16(20-15)17-10-14-4-3-9-23-14/h3-9,11H,2,10H2,1H3,(H2,17,19,20,21). The predicted molar refractivity (Wildman–Crippen MR) is 86.8 cm³/mol. The summed E-state index contributed by atoms with van der Waals surface area (Å²) >= 11 is 0. The van der Waals surface area contributed by atoms with Crippen LogP contribution in [0.25, 0.3) is 0 Å². The van der Waals surface area contributed by atoms with E-state index in [0.717, 1.165) is 17.2 Å². The molecule has 0 aliphatic rings. The zero-order valence-electron chi connectivity index (χ0n) is 12.7. The van der Waals surface area contributed by atoms with Crippen LogP contribution in [0.1, 0.15) is 12.7 Å². The van der Waals surface area contributed by atoms with Crippen LogP contribution in [0.5, 0.6) is 5.75 Å². The van der Waals surface area contributed by atoms with E-state index in [2.05, 4.69) is 25.8 Å². The van der Waals surface area contributed by atoms with Crippen LogP contribution in [0, 0.1) is 0 Å². The summed E-state index contributed by atoms with van der Waals surface area (Å²) in [6, 6.07) is 11.3. The van der Waals surface area contributed by atoms with Crippen LogP contribution in [0.15, 0.2) is 53.3 Å². The van der Waals surface area contributed by atoms with E-state index in [1.807, 2.05) is 43.3 Å². The van der Waals surface area contributed by atoms with E-state index in [1.54, 1.807) is 12.5 Å². The maximum atomic E-state index is 5.41. The SMILES string of the molecule is CCOc1ccc(Nc2cnnc(NCc3ccco3)n2)cc1. The van der Waals surface area contributed by atoms with Gasteiger partial charge in [0.1, 0.15) is 11.5 Å². The number of rotatable bonds is 7. The molecule has 23 heavy (non-hydrogen) atoms. The van der Waals surface area contributed by atoms with Gasteiger partial charge >= 0.3 is 0 Å². The van der Waals surface area contributed by atoms with Crippen molar-refractivity contribution >= 4 is 17.5 Å². The van der Waals surface area contributed by atoms with Crippen molar-refractivity contribution in [1.29, 1.82) is 0 Å². The Morgan fingerprint density at radius 1 is 1.17 bits per heavy atom. The molecule has 0 aliphatic carbocycles. The lowest BCUT2D eigenvalue weighted by Crippen LogP contribution is -2.05. The highest BCUT2D eigenvalue weighted by Crippen LogP contribution is 2.19. The van der Waals surface area contributed by atoms with Crippen molar-refractivity contribution in [2.24, 2.45) is 0 Å². The van der Waals surface area contributed by atoms with Gasteiger partial charge in [0.25, 0.3) is 0 Å². The molecule has 0 atom stereocenters. The zero-order chi connectivity index (χ0) is 15.9. The van der Waals surface area contributed by atoms with Crippen LogP contribution in [0.2, 0.25) is 0 Å². The fourth-order valence-corrected chi connectivity index (χ4v) is 1.97. The molecule has 0 fully saturated rings. The second kappa shape index (κ2) is 7.26. The fraction of sp³-hybridized carbons (Fsp3) is 0.188. The first kappa shape index (κ1) is 14.8. The molecular formula is C16H17N5O2. The normalized spacial score (nSPS) is 10.3. The van der Waals surface area contributed by atoms with Crippen LogP contribution in [0.3, 0.4) is 0 Å². The number of furan rings is 1. The molecule has 2 heterocycles. The minimum absolute atomic E-state index is 0.428. The number of aromatic nitrogens is 3. The number of benzene rings is 1. The first-order valence-corrected chi connectivity index (χ1v) is 7.29. The summed E-state index contributed by atoms with van der Waals surface area (Å²) in [4.78, 5) is 4.36. The molecule has 118 valence electrons. The summed E-state index contributed by atoms with van der Waals surface area (Å²) in [7, 11) is 0. The highest BCUT2D eigenvalue weighted by Gasteiger charge is 2.03. The third-order valence-electron chi connectivity index (χ3n) is 3.00. The average molecular weight is 311 g/mol. The van der Waals surface area contributed by atoms with Crippen LogP contribution >= 0.6 is 0 Å². The molecule has 0 spiro atoms. The quantitative estimate of drug-likeness (QED) is 0.693. The Labute approximate surface area is 133 Å². The minimum Gasteiger partial charge on any atom is -0.494 e. The number of ether oxygens (including phenoxy) is 1. The molecule has 7 nitrogen and oxygen atoms in total. The van der Waals surface area contributed by atoms with E-state index in [9.17, 15) is 0 Å². The smallest absolute Gasteiger partial charge is 0.245 e. The molecule has 2 N–H and O–H groups in total. The van der Waals surface area contributed by atoms with Crippen LogP contribution < -0.4 is 15.4 Å². The van der Waals surface area contributed by atoms with Gasteiger partial charge in [-0.15, -0.1) is 5.10 Å². The lowest BCUT2D eigenvalue weighted by Gasteiger charge is -2.08. The monoisotopic (exact) mass is 311 g/mol. The molecule has 0 unspecified atom stereocenters. The highest BCUT2D eigenvalue weighted by molar-refractivity contribution is 5.57. The number of nitrogens with one attached hydrogen (secondary N) is 2. The van der Waals surface area contributed by atoms with E-state index in [4.69, 9.17) is 9.15 Å².